The molecule has 3 unspecified atom stereocenters. The second kappa shape index (κ2) is 7.47. The molecule has 180 valence electrons. The number of aromatic hydroxyl groups is 1. The molecule has 3 N–H and O–H groups in total. The number of hydrogen-bond donors (Lipinski definition) is 3. The molecule has 4 nitrogen and oxygen atoms in total. The number of phenols is 1. The third kappa shape index (κ3) is 3.04. The average Bonchev–Trinajstić information content (AvgIpc) is 2.72. The Morgan fingerprint density at radius 2 is 1.68 bits per heavy atom. The predicted octanol–water partition coefficient (Wildman–Crippen LogP) is 6.25. The van der Waals surface area contributed by atoms with Crippen LogP contribution in [-0.2, 0) is 12.0 Å². The number of aryl methyl sites for hydroxylation is 3. The fraction of sp³-hybridized carbons (Fsp3) is 0.467. The molecule has 0 saturated carbocycles. The molecule has 4 heteroatoms. The summed E-state index contributed by atoms with van der Waals surface area (Å²) in [5, 5.41) is 37.5. The van der Waals surface area contributed by atoms with Gasteiger partial charge >= 0.3 is 0 Å². The van der Waals surface area contributed by atoms with Crippen molar-refractivity contribution < 1.29 is 20.1 Å². The predicted molar refractivity (Wildman–Crippen MR) is 136 cm³/mol. The number of rotatable bonds is 2. The Morgan fingerprint density at radius 3 is 2.32 bits per heavy atom. The van der Waals surface area contributed by atoms with Gasteiger partial charge in [-0.25, -0.2) is 0 Å². The Balaban J connectivity index is 1.82. The Labute approximate surface area is 202 Å². The maximum atomic E-state index is 12.2. The molecule has 0 bridgehead atoms. The van der Waals surface area contributed by atoms with Crippen LogP contribution in [-0.4, -0.2) is 21.1 Å². The van der Waals surface area contributed by atoms with Gasteiger partial charge in [-0.2, -0.15) is 0 Å². The second-order valence-corrected chi connectivity index (χ2v) is 11.3. The van der Waals surface area contributed by atoms with Gasteiger partial charge in [0.15, 0.2) is 5.60 Å². The van der Waals surface area contributed by atoms with E-state index < -0.39 is 11.4 Å². The number of phenolic OH excluding ortho intramolecular Hbond substituents is 1. The molecule has 0 radical (unpaired) electrons. The van der Waals surface area contributed by atoms with Crippen LogP contribution < -0.4 is 4.74 Å². The van der Waals surface area contributed by atoms with E-state index in [0.717, 1.165) is 38.6 Å². The summed E-state index contributed by atoms with van der Waals surface area (Å²) < 4.78 is 6.55. The Hall–Kier alpha value is -2.56. The zero-order valence-corrected chi connectivity index (χ0v) is 21.3. The molecule has 1 aliphatic heterocycles. The van der Waals surface area contributed by atoms with Crippen LogP contribution >= 0.6 is 0 Å². The number of ether oxygens (including phenoxy) is 1. The largest absolute Gasteiger partial charge is 0.508 e. The van der Waals surface area contributed by atoms with Gasteiger partial charge in [0, 0.05) is 29.4 Å². The summed E-state index contributed by atoms with van der Waals surface area (Å²) in [6.07, 6.45) is 0.440. The number of benzene rings is 3. The number of aliphatic hydroxyl groups is 2. The molecule has 0 fully saturated rings. The third-order valence-electron chi connectivity index (χ3n) is 8.20. The molecule has 34 heavy (non-hydrogen) atoms. The van der Waals surface area contributed by atoms with Gasteiger partial charge in [0.1, 0.15) is 11.5 Å². The van der Waals surface area contributed by atoms with Gasteiger partial charge in [0.05, 0.1) is 0 Å². The lowest BCUT2D eigenvalue weighted by Gasteiger charge is -2.53. The third-order valence-corrected chi connectivity index (χ3v) is 8.20. The van der Waals surface area contributed by atoms with E-state index in [0.29, 0.717) is 17.2 Å². The van der Waals surface area contributed by atoms with E-state index in [2.05, 4.69) is 52.8 Å². The lowest BCUT2D eigenvalue weighted by molar-refractivity contribution is -0.284. The summed E-state index contributed by atoms with van der Waals surface area (Å²) >= 11 is 0. The smallest absolute Gasteiger partial charge is 0.242 e. The van der Waals surface area contributed by atoms with Crippen molar-refractivity contribution in [1.82, 2.24) is 0 Å². The highest BCUT2D eigenvalue weighted by molar-refractivity contribution is 5.96. The van der Waals surface area contributed by atoms with E-state index in [4.69, 9.17) is 4.74 Å². The van der Waals surface area contributed by atoms with Crippen LogP contribution in [0.2, 0.25) is 0 Å². The van der Waals surface area contributed by atoms with Gasteiger partial charge < -0.3 is 20.1 Å². The second-order valence-electron chi connectivity index (χ2n) is 11.3. The highest BCUT2D eigenvalue weighted by Gasteiger charge is 2.62. The summed E-state index contributed by atoms with van der Waals surface area (Å²) in [5.41, 5.74) is 4.73. The van der Waals surface area contributed by atoms with Gasteiger partial charge in [0.2, 0.25) is 5.79 Å². The van der Waals surface area contributed by atoms with Crippen LogP contribution in [0.15, 0.2) is 30.3 Å². The van der Waals surface area contributed by atoms with Crippen LogP contribution in [0.4, 0.5) is 0 Å². The van der Waals surface area contributed by atoms with E-state index in [9.17, 15) is 15.3 Å². The van der Waals surface area contributed by atoms with Crippen molar-refractivity contribution in [3.05, 3.63) is 69.3 Å². The zero-order valence-electron chi connectivity index (χ0n) is 21.3. The van der Waals surface area contributed by atoms with Crippen molar-refractivity contribution in [1.29, 1.82) is 0 Å². The molecular formula is C30H36O4. The number of hydrogen-bond acceptors (Lipinski definition) is 4. The minimum atomic E-state index is -1.85. The Bertz CT molecular complexity index is 1320. The van der Waals surface area contributed by atoms with Crippen LogP contribution in [0.5, 0.6) is 11.5 Å². The molecule has 1 heterocycles. The highest BCUT2D eigenvalue weighted by Crippen LogP contribution is 2.59. The van der Waals surface area contributed by atoms with Gasteiger partial charge in [-0.15, -0.1) is 0 Å². The molecule has 0 aromatic heterocycles. The van der Waals surface area contributed by atoms with Crippen molar-refractivity contribution in [2.75, 3.05) is 0 Å². The first-order valence-corrected chi connectivity index (χ1v) is 12.4. The van der Waals surface area contributed by atoms with Crippen LogP contribution in [0.3, 0.4) is 0 Å². The number of fused-ring (bicyclic) bond motifs is 6. The molecule has 0 saturated heterocycles. The van der Waals surface area contributed by atoms with Gasteiger partial charge in [0.25, 0.3) is 0 Å². The standard InChI is InChI=1S/C30H36O4/c1-15(2)20-9-8-18(6)26-21(20)12-19(7)24-13-29(32)27-22(10-17(5)11-25(27)31)23(16(3)4)14-30(29,33)34-28(24)26/h8-12,15-16,23,31-33H,13-14H2,1-7H3. The fourth-order valence-electron chi connectivity index (χ4n) is 6.35. The molecule has 3 aromatic carbocycles. The maximum absolute atomic E-state index is 12.2. The summed E-state index contributed by atoms with van der Waals surface area (Å²) in [6, 6.07) is 10.2. The normalized spacial score (nSPS) is 25.8. The lowest BCUT2D eigenvalue weighted by Crippen LogP contribution is -2.62. The minimum Gasteiger partial charge on any atom is -0.508 e. The molecule has 3 aromatic rings. The topological polar surface area (TPSA) is 69.9 Å². The van der Waals surface area contributed by atoms with Crippen molar-refractivity contribution in [3.8, 4) is 11.5 Å². The van der Waals surface area contributed by atoms with E-state index in [1.54, 1.807) is 6.07 Å². The first kappa shape index (κ1) is 23.2. The fourth-order valence-corrected chi connectivity index (χ4v) is 6.35. The van der Waals surface area contributed by atoms with Gasteiger partial charge in [-0.3, -0.25) is 0 Å². The van der Waals surface area contributed by atoms with E-state index >= 15 is 0 Å². The van der Waals surface area contributed by atoms with E-state index in [1.807, 2.05) is 19.9 Å². The van der Waals surface area contributed by atoms with Crippen molar-refractivity contribution in [2.45, 2.75) is 84.5 Å². The average molecular weight is 461 g/mol. The van der Waals surface area contributed by atoms with E-state index in [-0.39, 0.29) is 30.4 Å². The minimum absolute atomic E-state index is 0.0186. The molecule has 5 rings (SSSR count). The summed E-state index contributed by atoms with van der Waals surface area (Å²) in [5.74, 6) is -0.686. The van der Waals surface area contributed by atoms with Crippen LogP contribution in [0.1, 0.15) is 84.9 Å². The Morgan fingerprint density at radius 1 is 0.971 bits per heavy atom. The molecule has 3 atom stereocenters. The van der Waals surface area contributed by atoms with Crippen LogP contribution in [0.25, 0.3) is 10.8 Å². The first-order valence-electron chi connectivity index (χ1n) is 12.4. The lowest BCUT2D eigenvalue weighted by atomic mass is 9.63. The van der Waals surface area contributed by atoms with Crippen LogP contribution in [0, 0.1) is 26.7 Å². The van der Waals surface area contributed by atoms with E-state index in [1.165, 1.54) is 5.56 Å². The van der Waals surface area contributed by atoms with Crippen molar-refractivity contribution in [2.24, 2.45) is 5.92 Å². The maximum Gasteiger partial charge on any atom is 0.242 e. The molecule has 1 aliphatic carbocycles. The highest BCUT2D eigenvalue weighted by atomic mass is 16.6. The summed E-state index contributed by atoms with van der Waals surface area (Å²) in [7, 11) is 0. The monoisotopic (exact) mass is 460 g/mol. The summed E-state index contributed by atoms with van der Waals surface area (Å²) in [4.78, 5) is 0. The van der Waals surface area contributed by atoms with Crippen molar-refractivity contribution >= 4 is 10.8 Å². The molecule has 0 spiro atoms. The molecule has 0 amide bonds. The molecular weight excluding hydrogens is 424 g/mol. The van der Waals surface area contributed by atoms with Gasteiger partial charge in [-0.05, 0) is 77.8 Å². The first-order chi connectivity index (χ1) is 15.9. The zero-order chi connectivity index (χ0) is 24.7. The molecule has 2 aliphatic rings. The van der Waals surface area contributed by atoms with Gasteiger partial charge in [-0.1, -0.05) is 52.0 Å². The quantitative estimate of drug-likeness (QED) is 0.423. The SMILES string of the molecule is Cc1cc(O)c2c(c1)C(C(C)C)CC1(O)Oc3c(c(C)cc4c(C(C)C)ccc(C)c34)CC21O. The summed E-state index contributed by atoms with van der Waals surface area (Å²) in [6.45, 7) is 14.6. The Kier molecular flexibility index (Phi) is 5.09. The van der Waals surface area contributed by atoms with Crippen molar-refractivity contribution in [3.63, 3.8) is 0 Å².